The summed E-state index contributed by atoms with van der Waals surface area (Å²) in [5.41, 5.74) is 3.35. The Labute approximate surface area is 141 Å². The van der Waals surface area contributed by atoms with Crippen molar-refractivity contribution in [2.24, 2.45) is 0 Å². The summed E-state index contributed by atoms with van der Waals surface area (Å²) < 4.78 is 3.92. The summed E-state index contributed by atoms with van der Waals surface area (Å²) in [6.45, 7) is 8.98. The quantitative estimate of drug-likeness (QED) is 0.705. The van der Waals surface area contributed by atoms with Crippen LogP contribution in [0.15, 0.2) is 6.33 Å². The van der Waals surface area contributed by atoms with Crippen LogP contribution in [0.5, 0.6) is 0 Å². The number of aliphatic hydroxyl groups excluding tert-OH is 1. The van der Waals surface area contributed by atoms with E-state index in [1.54, 1.807) is 6.33 Å². The summed E-state index contributed by atoms with van der Waals surface area (Å²) >= 11 is 0. The molecule has 0 spiro atoms. The van der Waals surface area contributed by atoms with Crippen molar-refractivity contribution in [3.05, 3.63) is 29.1 Å². The Bertz CT molecular complexity index is 637. The number of carbonyl (C=O) groups is 1. The van der Waals surface area contributed by atoms with Gasteiger partial charge >= 0.3 is 0 Å². The Balaban J connectivity index is 0.000000891. The maximum absolute atomic E-state index is 9.07. The van der Waals surface area contributed by atoms with Gasteiger partial charge in [-0.15, -0.1) is 10.2 Å². The van der Waals surface area contributed by atoms with Gasteiger partial charge < -0.3 is 14.8 Å². The van der Waals surface area contributed by atoms with Crippen LogP contribution in [0, 0.1) is 13.8 Å². The van der Waals surface area contributed by atoms with Crippen LogP contribution in [0.2, 0.25) is 0 Å². The van der Waals surface area contributed by atoms with Crippen molar-refractivity contribution >= 4 is 6.47 Å². The standard InChI is InChI=1S/C14H24N6O.CH2O2/c1-5-19-10-15-16-14(19)9-18(4)8-13-11(2)17-20(6-7-21)12(13)3;2-1-3/h10,21H,5-9H2,1-4H3;1H,(H,2,3). The minimum absolute atomic E-state index is 0.108. The minimum Gasteiger partial charge on any atom is -0.483 e. The van der Waals surface area contributed by atoms with E-state index in [9.17, 15) is 0 Å². The van der Waals surface area contributed by atoms with Crippen LogP contribution in [0.3, 0.4) is 0 Å². The molecular weight excluding hydrogens is 312 g/mol. The Morgan fingerprint density at radius 1 is 1.33 bits per heavy atom. The van der Waals surface area contributed by atoms with Crippen LogP contribution < -0.4 is 0 Å². The fourth-order valence-corrected chi connectivity index (χ4v) is 2.51. The third kappa shape index (κ3) is 5.14. The average Bonchev–Trinajstić information content (AvgIpc) is 3.08. The second-order valence-electron chi connectivity index (χ2n) is 5.41. The molecule has 2 rings (SSSR count). The molecule has 0 radical (unpaired) electrons. The number of aromatic nitrogens is 5. The molecule has 0 aromatic carbocycles. The molecule has 2 aromatic rings. The summed E-state index contributed by atoms with van der Waals surface area (Å²) in [5.74, 6) is 0.970. The van der Waals surface area contributed by atoms with Crippen molar-refractivity contribution in [2.75, 3.05) is 13.7 Å². The number of rotatable bonds is 7. The number of aryl methyl sites for hydroxylation is 2. The van der Waals surface area contributed by atoms with Gasteiger partial charge in [0.25, 0.3) is 6.47 Å². The molecule has 2 N–H and O–H groups in total. The van der Waals surface area contributed by atoms with E-state index in [1.165, 1.54) is 5.56 Å². The van der Waals surface area contributed by atoms with Gasteiger partial charge in [-0.05, 0) is 27.8 Å². The topological polar surface area (TPSA) is 109 Å². The fraction of sp³-hybridized carbons (Fsp3) is 0.600. The smallest absolute Gasteiger partial charge is 0.290 e. The molecule has 0 unspecified atom stereocenters. The third-order valence-electron chi connectivity index (χ3n) is 3.72. The second-order valence-corrected chi connectivity index (χ2v) is 5.41. The average molecular weight is 338 g/mol. The van der Waals surface area contributed by atoms with Crippen molar-refractivity contribution in [3.8, 4) is 0 Å². The van der Waals surface area contributed by atoms with Crippen molar-refractivity contribution in [3.63, 3.8) is 0 Å². The predicted octanol–water partition coefficient (Wildman–Crippen LogP) is 0.436. The molecule has 0 fully saturated rings. The van der Waals surface area contributed by atoms with E-state index in [0.717, 1.165) is 36.8 Å². The molecule has 0 aliphatic carbocycles. The SMILES string of the molecule is CCn1cnnc1CN(C)Cc1c(C)nn(CCO)c1C.O=CO. The number of hydrogen-bond donors (Lipinski definition) is 2. The van der Waals surface area contributed by atoms with E-state index >= 15 is 0 Å². The molecular formula is C15H26N6O3. The van der Waals surface area contributed by atoms with Crippen LogP contribution >= 0.6 is 0 Å². The number of nitrogens with zero attached hydrogens (tertiary/aromatic N) is 6. The zero-order chi connectivity index (χ0) is 18.1. The Kier molecular flexibility index (Phi) is 8.07. The summed E-state index contributed by atoms with van der Waals surface area (Å²) in [4.78, 5) is 10.6. The molecule has 24 heavy (non-hydrogen) atoms. The second kappa shape index (κ2) is 9.78. The molecule has 0 aliphatic heterocycles. The van der Waals surface area contributed by atoms with Gasteiger partial charge in [-0.2, -0.15) is 5.10 Å². The summed E-state index contributed by atoms with van der Waals surface area (Å²) in [6, 6.07) is 0. The lowest BCUT2D eigenvalue weighted by Crippen LogP contribution is -2.20. The lowest BCUT2D eigenvalue weighted by Gasteiger charge is -2.16. The molecule has 0 saturated carbocycles. The van der Waals surface area contributed by atoms with Crippen LogP contribution in [0.4, 0.5) is 0 Å². The minimum atomic E-state index is -0.250. The highest BCUT2D eigenvalue weighted by Crippen LogP contribution is 2.16. The van der Waals surface area contributed by atoms with Gasteiger partial charge in [0.1, 0.15) is 12.2 Å². The predicted molar refractivity (Wildman–Crippen MR) is 88.3 cm³/mol. The van der Waals surface area contributed by atoms with E-state index in [1.807, 2.05) is 23.1 Å². The number of carboxylic acid groups (broad SMARTS) is 1. The van der Waals surface area contributed by atoms with Crippen LogP contribution in [0.1, 0.15) is 29.7 Å². The molecule has 0 atom stereocenters. The first kappa shape index (κ1) is 19.8. The largest absolute Gasteiger partial charge is 0.483 e. The first-order valence-electron chi connectivity index (χ1n) is 7.75. The van der Waals surface area contributed by atoms with E-state index in [-0.39, 0.29) is 13.1 Å². The number of aliphatic hydroxyl groups is 1. The Morgan fingerprint density at radius 2 is 2.00 bits per heavy atom. The molecule has 0 bridgehead atoms. The molecule has 9 heteroatoms. The van der Waals surface area contributed by atoms with E-state index in [4.69, 9.17) is 15.0 Å². The van der Waals surface area contributed by atoms with Gasteiger partial charge in [0.2, 0.25) is 0 Å². The molecule has 2 aromatic heterocycles. The first-order chi connectivity index (χ1) is 11.5. The van der Waals surface area contributed by atoms with Gasteiger partial charge in [0.15, 0.2) is 0 Å². The third-order valence-corrected chi connectivity index (χ3v) is 3.72. The van der Waals surface area contributed by atoms with Crippen LogP contribution in [-0.4, -0.2) is 59.8 Å². The lowest BCUT2D eigenvalue weighted by molar-refractivity contribution is -0.122. The molecule has 134 valence electrons. The van der Waals surface area contributed by atoms with Crippen LogP contribution in [-0.2, 0) is 31.0 Å². The molecule has 0 aliphatic rings. The maximum Gasteiger partial charge on any atom is 0.290 e. The van der Waals surface area contributed by atoms with Gasteiger partial charge in [0.05, 0.1) is 25.4 Å². The van der Waals surface area contributed by atoms with Gasteiger partial charge in [0, 0.05) is 24.3 Å². The normalized spacial score (nSPS) is 10.6. The van der Waals surface area contributed by atoms with E-state index < -0.39 is 0 Å². The Morgan fingerprint density at radius 3 is 2.58 bits per heavy atom. The van der Waals surface area contributed by atoms with Crippen molar-refractivity contribution in [1.29, 1.82) is 0 Å². The number of hydrogen-bond acceptors (Lipinski definition) is 6. The van der Waals surface area contributed by atoms with Crippen LogP contribution in [0.25, 0.3) is 0 Å². The van der Waals surface area contributed by atoms with E-state index in [2.05, 4.69) is 34.2 Å². The van der Waals surface area contributed by atoms with Gasteiger partial charge in [-0.3, -0.25) is 14.4 Å². The highest BCUT2D eigenvalue weighted by molar-refractivity contribution is 5.32. The summed E-state index contributed by atoms with van der Waals surface area (Å²) in [7, 11) is 2.07. The highest BCUT2D eigenvalue weighted by atomic mass is 16.3. The van der Waals surface area contributed by atoms with Crippen molar-refractivity contribution in [1.82, 2.24) is 29.4 Å². The van der Waals surface area contributed by atoms with E-state index in [0.29, 0.717) is 6.54 Å². The van der Waals surface area contributed by atoms with Crippen molar-refractivity contribution < 1.29 is 15.0 Å². The highest BCUT2D eigenvalue weighted by Gasteiger charge is 2.14. The lowest BCUT2D eigenvalue weighted by atomic mass is 10.2. The zero-order valence-electron chi connectivity index (χ0n) is 14.7. The van der Waals surface area contributed by atoms with Gasteiger partial charge in [-0.1, -0.05) is 0 Å². The monoisotopic (exact) mass is 338 g/mol. The maximum atomic E-state index is 9.07. The summed E-state index contributed by atoms with van der Waals surface area (Å²) in [6.07, 6.45) is 1.76. The summed E-state index contributed by atoms with van der Waals surface area (Å²) in [5, 5.41) is 28.6. The van der Waals surface area contributed by atoms with Gasteiger partial charge in [-0.25, -0.2) is 0 Å². The first-order valence-corrected chi connectivity index (χ1v) is 7.75. The molecule has 9 nitrogen and oxygen atoms in total. The fourth-order valence-electron chi connectivity index (χ4n) is 2.51. The molecule has 0 saturated heterocycles. The molecule has 2 heterocycles. The van der Waals surface area contributed by atoms with Crippen molar-refractivity contribution in [2.45, 2.75) is 47.0 Å². The molecule has 0 amide bonds. The zero-order valence-corrected chi connectivity index (χ0v) is 14.7. The Hall–Kier alpha value is -2.26.